The Balaban J connectivity index is 1.61. The van der Waals surface area contributed by atoms with Crippen LogP contribution in [0, 0.1) is 0 Å². The summed E-state index contributed by atoms with van der Waals surface area (Å²) in [6.45, 7) is 1.67. The first-order chi connectivity index (χ1) is 14.4. The number of nitrogens with zero attached hydrogens (tertiary/aromatic N) is 1. The first-order valence-electron chi connectivity index (χ1n) is 9.18. The molecule has 6 nitrogen and oxygen atoms in total. The van der Waals surface area contributed by atoms with Gasteiger partial charge in [0.15, 0.2) is 5.78 Å². The van der Waals surface area contributed by atoms with Crippen molar-refractivity contribution in [2.24, 2.45) is 0 Å². The third-order valence-corrected chi connectivity index (χ3v) is 5.81. The summed E-state index contributed by atoms with van der Waals surface area (Å²) in [6, 6.07) is 14.0. The molecule has 0 spiro atoms. The Bertz CT molecular complexity index is 1030. The maximum Gasteiger partial charge on any atom is 0.266 e. The fraction of sp³-hybridized carbons (Fsp3) is 0.182. The molecular formula is C22H20N2O4S2. The molecule has 0 radical (unpaired) electrons. The van der Waals surface area contributed by atoms with Crippen LogP contribution in [0.5, 0.6) is 5.75 Å². The highest BCUT2D eigenvalue weighted by Crippen LogP contribution is 2.34. The monoisotopic (exact) mass is 440 g/mol. The average Bonchev–Trinajstić information content (AvgIpc) is 3.00. The number of benzene rings is 2. The molecule has 2 aromatic carbocycles. The van der Waals surface area contributed by atoms with Crippen LogP contribution in [0.4, 0.5) is 5.69 Å². The third-order valence-electron chi connectivity index (χ3n) is 4.44. The van der Waals surface area contributed by atoms with Crippen LogP contribution < -0.4 is 10.1 Å². The molecule has 30 heavy (non-hydrogen) atoms. The second kappa shape index (κ2) is 9.69. The Kier molecular flexibility index (Phi) is 7.02. The van der Waals surface area contributed by atoms with E-state index >= 15 is 0 Å². The standard InChI is InChI=1S/C22H20N2O4S2/c1-14(25)15-7-9-17(10-8-15)23-20(26)11-12-24-21(27)19(30-22(24)29)13-16-5-3-4-6-18(16)28-2/h3-10,13H,11-12H2,1-2H3,(H,23,26). The van der Waals surface area contributed by atoms with Crippen LogP contribution in [-0.2, 0) is 9.59 Å². The van der Waals surface area contributed by atoms with Gasteiger partial charge in [-0.2, -0.15) is 0 Å². The molecule has 0 unspecified atom stereocenters. The van der Waals surface area contributed by atoms with Crippen molar-refractivity contribution in [3.63, 3.8) is 0 Å². The van der Waals surface area contributed by atoms with Crippen LogP contribution in [-0.4, -0.2) is 40.5 Å². The summed E-state index contributed by atoms with van der Waals surface area (Å²) in [5.74, 6) is 0.157. The van der Waals surface area contributed by atoms with Gasteiger partial charge in [0.25, 0.3) is 5.91 Å². The van der Waals surface area contributed by atoms with E-state index in [-0.39, 0.29) is 30.6 Å². The minimum Gasteiger partial charge on any atom is -0.496 e. The maximum atomic E-state index is 12.7. The van der Waals surface area contributed by atoms with Gasteiger partial charge in [-0.05, 0) is 43.3 Å². The van der Waals surface area contributed by atoms with Gasteiger partial charge in [-0.3, -0.25) is 19.3 Å². The number of amides is 2. The van der Waals surface area contributed by atoms with Gasteiger partial charge in [0.1, 0.15) is 10.1 Å². The van der Waals surface area contributed by atoms with E-state index in [0.29, 0.717) is 26.2 Å². The van der Waals surface area contributed by atoms with Gasteiger partial charge >= 0.3 is 0 Å². The van der Waals surface area contributed by atoms with Crippen molar-refractivity contribution in [3.8, 4) is 5.75 Å². The molecule has 0 atom stereocenters. The zero-order chi connectivity index (χ0) is 21.7. The van der Waals surface area contributed by atoms with Gasteiger partial charge in [-0.15, -0.1) is 0 Å². The number of nitrogens with one attached hydrogen (secondary N) is 1. The zero-order valence-electron chi connectivity index (χ0n) is 16.5. The van der Waals surface area contributed by atoms with E-state index in [4.69, 9.17) is 17.0 Å². The number of rotatable bonds is 7. The molecule has 154 valence electrons. The number of carbonyl (C=O) groups excluding carboxylic acids is 3. The molecule has 2 amide bonds. The molecule has 1 fully saturated rings. The SMILES string of the molecule is COc1ccccc1C=C1SC(=S)N(CCC(=O)Nc2ccc(C(C)=O)cc2)C1=O. The van der Waals surface area contributed by atoms with Crippen LogP contribution in [0.1, 0.15) is 29.3 Å². The van der Waals surface area contributed by atoms with Crippen LogP contribution in [0.25, 0.3) is 6.08 Å². The van der Waals surface area contributed by atoms with Crippen LogP contribution >= 0.6 is 24.0 Å². The van der Waals surface area contributed by atoms with E-state index in [2.05, 4.69) is 5.32 Å². The minimum atomic E-state index is -0.242. The number of ketones is 1. The van der Waals surface area contributed by atoms with Gasteiger partial charge in [0.2, 0.25) is 5.91 Å². The second-order valence-corrected chi connectivity index (χ2v) is 8.18. The molecule has 0 aliphatic carbocycles. The van der Waals surface area contributed by atoms with Gasteiger partial charge in [-0.1, -0.05) is 42.2 Å². The number of thiocarbonyl (C=S) groups is 1. The van der Waals surface area contributed by atoms with Crippen molar-refractivity contribution in [2.45, 2.75) is 13.3 Å². The smallest absolute Gasteiger partial charge is 0.266 e. The Hall–Kier alpha value is -2.97. The molecule has 1 aliphatic rings. The number of para-hydroxylation sites is 1. The van der Waals surface area contributed by atoms with Crippen molar-refractivity contribution in [1.29, 1.82) is 0 Å². The number of methoxy groups -OCH3 is 1. The summed E-state index contributed by atoms with van der Waals surface area (Å²) in [7, 11) is 1.57. The fourth-order valence-corrected chi connectivity index (χ4v) is 4.14. The van der Waals surface area contributed by atoms with Gasteiger partial charge in [0.05, 0.1) is 12.0 Å². The highest BCUT2D eigenvalue weighted by molar-refractivity contribution is 8.26. The van der Waals surface area contributed by atoms with Crippen LogP contribution in [0.2, 0.25) is 0 Å². The Labute approximate surface area is 184 Å². The topological polar surface area (TPSA) is 75.7 Å². The third kappa shape index (κ3) is 5.14. The number of carbonyl (C=O) groups is 3. The number of Topliss-reactive ketones (excluding diaryl/α,β-unsaturated/α-hetero) is 1. The lowest BCUT2D eigenvalue weighted by Crippen LogP contribution is -2.31. The zero-order valence-corrected chi connectivity index (χ0v) is 18.1. The van der Waals surface area contributed by atoms with Gasteiger partial charge in [0, 0.05) is 29.8 Å². The summed E-state index contributed by atoms with van der Waals surface area (Å²) in [4.78, 5) is 38.2. The number of hydrogen-bond donors (Lipinski definition) is 1. The molecule has 0 saturated carbocycles. The highest BCUT2D eigenvalue weighted by atomic mass is 32.2. The fourth-order valence-electron chi connectivity index (χ4n) is 2.84. The molecule has 0 aromatic heterocycles. The van der Waals surface area contributed by atoms with Crippen molar-refractivity contribution in [1.82, 2.24) is 4.90 Å². The molecular weight excluding hydrogens is 420 g/mol. The van der Waals surface area contributed by atoms with Crippen molar-refractivity contribution in [2.75, 3.05) is 19.0 Å². The molecule has 8 heteroatoms. The lowest BCUT2D eigenvalue weighted by molar-refractivity contribution is -0.122. The van der Waals surface area contributed by atoms with Crippen LogP contribution in [0.3, 0.4) is 0 Å². The normalized spacial score (nSPS) is 14.9. The summed E-state index contributed by atoms with van der Waals surface area (Å²) in [5.41, 5.74) is 1.95. The van der Waals surface area contributed by atoms with Crippen molar-refractivity contribution >= 4 is 57.7 Å². The number of thioether (sulfide) groups is 1. The summed E-state index contributed by atoms with van der Waals surface area (Å²) in [5, 5.41) is 2.76. The lowest BCUT2D eigenvalue weighted by atomic mass is 10.1. The predicted octanol–water partition coefficient (Wildman–Crippen LogP) is 4.13. The first-order valence-corrected chi connectivity index (χ1v) is 10.4. The van der Waals surface area contributed by atoms with E-state index in [1.165, 1.54) is 23.6 Å². The van der Waals surface area contributed by atoms with E-state index in [0.717, 1.165) is 5.56 Å². The highest BCUT2D eigenvalue weighted by Gasteiger charge is 2.32. The second-order valence-electron chi connectivity index (χ2n) is 6.51. The van der Waals surface area contributed by atoms with Crippen molar-refractivity contribution in [3.05, 3.63) is 64.6 Å². The molecule has 1 aliphatic heterocycles. The molecule has 1 saturated heterocycles. The quantitative estimate of drug-likeness (QED) is 0.396. The molecule has 3 rings (SSSR count). The Morgan fingerprint density at radius 2 is 1.87 bits per heavy atom. The number of anilines is 1. The van der Waals surface area contributed by atoms with Crippen LogP contribution in [0.15, 0.2) is 53.4 Å². The molecule has 1 heterocycles. The summed E-state index contributed by atoms with van der Waals surface area (Å²) < 4.78 is 5.73. The van der Waals surface area contributed by atoms with E-state index < -0.39 is 0 Å². The van der Waals surface area contributed by atoms with E-state index in [1.807, 2.05) is 24.3 Å². The van der Waals surface area contributed by atoms with Gasteiger partial charge in [-0.25, -0.2) is 0 Å². The number of ether oxygens (including phenoxy) is 1. The van der Waals surface area contributed by atoms with Crippen molar-refractivity contribution < 1.29 is 19.1 Å². The number of hydrogen-bond acceptors (Lipinski definition) is 6. The molecule has 1 N–H and O–H groups in total. The van der Waals surface area contributed by atoms with E-state index in [1.54, 1.807) is 37.5 Å². The minimum absolute atomic E-state index is 0.0385. The predicted molar refractivity (Wildman–Crippen MR) is 123 cm³/mol. The average molecular weight is 441 g/mol. The maximum absolute atomic E-state index is 12.7. The molecule has 2 aromatic rings. The lowest BCUT2D eigenvalue weighted by Gasteiger charge is -2.14. The van der Waals surface area contributed by atoms with Gasteiger partial charge < -0.3 is 10.1 Å². The summed E-state index contributed by atoms with van der Waals surface area (Å²) >= 11 is 6.53. The molecule has 0 bridgehead atoms. The Morgan fingerprint density at radius 3 is 2.53 bits per heavy atom. The summed E-state index contributed by atoms with van der Waals surface area (Å²) in [6.07, 6.45) is 1.84. The Morgan fingerprint density at radius 1 is 1.17 bits per heavy atom. The first kappa shape index (κ1) is 21.7. The largest absolute Gasteiger partial charge is 0.496 e. The van der Waals surface area contributed by atoms with E-state index in [9.17, 15) is 14.4 Å².